The molecule has 0 radical (unpaired) electrons. The van der Waals surface area contributed by atoms with Crippen molar-refractivity contribution in [2.24, 2.45) is 0 Å². The topological polar surface area (TPSA) is 9.23 Å². The Labute approximate surface area is 134 Å². The highest BCUT2D eigenvalue weighted by Gasteiger charge is 2.12. The lowest BCUT2D eigenvalue weighted by molar-refractivity contribution is 0.242. The third-order valence-corrected chi connectivity index (χ3v) is 3.86. The number of aryl methyl sites for hydroxylation is 1. The van der Waals surface area contributed by atoms with Gasteiger partial charge in [0.15, 0.2) is 0 Å². The van der Waals surface area contributed by atoms with Crippen molar-refractivity contribution < 1.29 is 4.74 Å². The average Bonchev–Trinajstić information content (AvgIpc) is 2.37. The molecule has 0 bridgehead atoms. The molecule has 2 rings (SSSR count). The quantitative estimate of drug-likeness (QED) is 0.624. The summed E-state index contributed by atoms with van der Waals surface area (Å²) in [7, 11) is 0. The first-order valence-electron chi connectivity index (χ1n) is 6.63. The highest BCUT2D eigenvalue weighted by atomic mass is 79.9. The van der Waals surface area contributed by atoms with E-state index in [4.69, 9.17) is 16.3 Å². The van der Waals surface area contributed by atoms with E-state index in [1.807, 2.05) is 38.1 Å². The molecule has 0 heterocycles. The van der Waals surface area contributed by atoms with Gasteiger partial charge in [-0.25, -0.2) is 0 Å². The largest absolute Gasteiger partial charge is 0.491 e. The van der Waals surface area contributed by atoms with E-state index in [-0.39, 0.29) is 11.5 Å². The summed E-state index contributed by atoms with van der Waals surface area (Å²) >= 11 is 10.1. The van der Waals surface area contributed by atoms with Crippen LogP contribution < -0.4 is 4.74 Å². The van der Waals surface area contributed by atoms with Crippen molar-refractivity contribution in [1.29, 1.82) is 0 Å². The van der Waals surface area contributed by atoms with Gasteiger partial charge in [-0.05, 0) is 61.7 Å². The maximum Gasteiger partial charge on any atom is 0.119 e. The third kappa shape index (κ3) is 4.00. The SMILES string of the molecule is Cc1cc(Br)cc(C(Cl)c2ccc(OC(C)C)cc2)c1. The molecule has 0 saturated heterocycles. The number of halogens is 2. The Morgan fingerprint density at radius 2 is 1.65 bits per heavy atom. The number of ether oxygens (including phenoxy) is 1. The molecule has 0 spiro atoms. The molecule has 0 aliphatic rings. The molecule has 1 nitrogen and oxygen atoms in total. The Morgan fingerprint density at radius 3 is 2.20 bits per heavy atom. The molecule has 2 aromatic rings. The van der Waals surface area contributed by atoms with Gasteiger partial charge in [-0.2, -0.15) is 0 Å². The second-order valence-corrected chi connectivity index (χ2v) is 6.51. The van der Waals surface area contributed by atoms with E-state index >= 15 is 0 Å². The highest BCUT2D eigenvalue weighted by molar-refractivity contribution is 9.10. The second-order valence-electron chi connectivity index (χ2n) is 5.16. The van der Waals surface area contributed by atoms with Gasteiger partial charge in [0.25, 0.3) is 0 Å². The van der Waals surface area contributed by atoms with E-state index in [0.29, 0.717) is 0 Å². The van der Waals surface area contributed by atoms with Crippen LogP contribution in [0.2, 0.25) is 0 Å². The fourth-order valence-electron chi connectivity index (χ4n) is 2.09. The monoisotopic (exact) mass is 352 g/mol. The molecular formula is C17H18BrClO. The van der Waals surface area contributed by atoms with Gasteiger partial charge < -0.3 is 4.74 Å². The van der Waals surface area contributed by atoms with E-state index < -0.39 is 0 Å². The molecule has 0 amide bonds. The van der Waals surface area contributed by atoms with Gasteiger partial charge in [-0.15, -0.1) is 11.6 Å². The van der Waals surface area contributed by atoms with E-state index in [1.165, 1.54) is 5.56 Å². The fraction of sp³-hybridized carbons (Fsp3) is 0.294. The highest BCUT2D eigenvalue weighted by Crippen LogP contribution is 2.32. The zero-order valence-electron chi connectivity index (χ0n) is 11.9. The van der Waals surface area contributed by atoms with Crippen LogP contribution in [0.3, 0.4) is 0 Å². The number of alkyl halides is 1. The third-order valence-electron chi connectivity index (χ3n) is 2.90. The summed E-state index contributed by atoms with van der Waals surface area (Å²) in [6.07, 6.45) is 0.181. The first-order valence-corrected chi connectivity index (χ1v) is 7.86. The minimum atomic E-state index is -0.153. The van der Waals surface area contributed by atoms with Gasteiger partial charge in [0.2, 0.25) is 0 Å². The van der Waals surface area contributed by atoms with Crippen LogP contribution in [0, 0.1) is 6.92 Å². The zero-order chi connectivity index (χ0) is 14.7. The fourth-order valence-corrected chi connectivity index (χ4v) is 2.99. The van der Waals surface area contributed by atoms with E-state index in [9.17, 15) is 0 Å². The van der Waals surface area contributed by atoms with Crippen LogP contribution in [0.5, 0.6) is 5.75 Å². The average molecular weight is 354 g/mol. The first kappa shape index (κ1) is 15.4. The molecule has 3 heteroatoms. The van der Waals surface area contributed by atoms with Crippen LogP contribution in [0.1, 0.15) is 35.9 Å². The predicted octanol–water partition coefficient (Wildman–Crippen LogP) is 5.87. The van der Waals surface area contributed by atoms with Crippen LogP contribution in [0.4, 0.5) is 0 Å². The molecule has 1 unspecified atom stereocenters. The molecule has 0 aliphatic heterocycles. The van der Waals surface area contributed by atoms with Gasteiger partial charge in [-0.1, -0.05) is 34.1 Å². The Balaban J connectivity index is 2.22. The molecule has 20 heavy (non-hydrogen) atoms. The lowest BCUT2D eigenvalue weighted by atomic mass is 10.0. The van der Waals surface area contributed by atoms with Crippen LogP contribution >= 0.6 is 27.5 Å². The molecular weight excluding hydrogens is 336 g/mol. The second kappa shape index (κ2) is 6.64. The molecule has 0 N–H and O–H groups in total. The van der Waals surface area contributed by atoms with E-state index in [1.54, 1.807) is 0 Å². The number of benzene rings is 2. The van der Waals surface area contributed by atoms with E-state index in [2.05, 4.69) is 41.1 Å². The van der Waals surface area contributed by atoms with Crippen molar-refractivity contribution in [2.45, 2.75) is 32.3 Å². The van der Waals surface area contributed by atoms with Crippen molar-refractivity contribution in [3.05, 3.63) is 63.6 Å². The minimum Gasteiger partial charge on any atom is -0.491 e. The summed E-state index contributed by atoms with van der Waals surface area (Å²) in [4.78, 5) is 0. The Bertz CT molecular complexity index is 558. The van der Waals surface area contributed by atoms with Gasteiger partial charge in [0.1, 0.15) is 5.75 Å². The zero-order valence-corrected chi connectivity index (χ0v) is 14.2. The summed E-state index contributed by atoms with van der Waals surface area (Å²) in [5.74, 6) is 0.873. The van der Waals surface area contributed by atoms with E-state index in [0.717, 1.165) is 21.3 Å². The molecule has 2 aromatic carbocycles. The minimum absolute atomic E-state index is 0.153. The summed E-state index contributed by atoms with van der Waals surface area (Å²) in [6.45, 7) is 6.10. The molecule has 0 aliphatic carbocycles. The smallest absolute Gasteiger partial charge is 0.119 e. The van der Waals surface area contributed by atoms with Crippen LogP contribution in [0.25, 0.3) is 0 Å². The molecule has 0 fully saturated rings. The number of rotatable bonds is 4. The van der Waals surface area contributed by atoms with Crippen molar-refractivity contribution in [3.63, 3.8) is 0 Å². The van der Waals surface area contributed by atoms with Crippen molar-refractivity contribution in [2.75, 3.05) is 0 Å². The number of hydrogen-bond acceptors (Lipinski definition) is 1. The molecule has 0 aromatic heterocycles. The van der Waals surface area contributed by atoms with Gasteiger partial charge in [0.05, 0.1) is 11.5 Å². The normalized spacial score (nSPS) is 12.5. The summed E-state index contributed by atoms with van der Waals surface area (Å²) < 4.78 is 6.70. The van der Waals surface area contributed by atoms with Crippen LogP contribution in [-0.2, 0) is 0 Å². The maximum absolute atomic E-state index is 6.57. The summed E-state index contributed by atoms with van der Waals surface area (Å²) in [5.41, 5.74) is 3.36. The van der Waals surface area contributed by atoms with Crippen molar-refractivity contribution in [1.82, 2.24) is 0 Å². The van der Waals surface area contributed by atoms with Gasteiger partial charge in [-0.3, -0.25) is 0 Å². The van der Waals surface area contributed by atoms with Gasteiger partial charge >= 0.3 is 0 Å². The number of hydrogen-bond donors (Lipinski definition) is 0. The summed E-state index contributed by atoms with van der Waals surface area (Å²) in [6, 6.07) is 14.2. The van der Waals surface area contributed by atoms with Gasteiger partial charge in [0, 0.05) is 4.47 Å². The summed E-state index contributed by atoms with van der Waals surface area (Å²) in [5, 5.41) is -0.153. The molecule has 106 valence electrons. The Hall–Kier alpha value is -0.990. The van der Waals surface area contributed by atoms with Crippen LogP contribution in [-0.4, -0.2) is 6.10 Å². The standard InChI is InChI=1S/C17H18BrClO/c1-11(2)20-16-6-4-13(5-7-16)17(19)14-8-12(3)9-15(18)10-14/h4-11,17H,1-3H3. The molecule has 0 saturated carbocycles. The lowest BCUT2D eigenvalue weighted by Gasteiger charge is -2.14. The van der Waals surface area contributed by atoms with Crippen LogP contribution in [0.15, 0.2) is 46.9 Å². The molecule has 1 atom stereocenters. The van der Waals surface area contributed by atoms with Crippen molar-refractivity contribution in [3.8, 4) is 5.75 Å². The van der Waals surface area contributed by atoms with Crippen molar-refractivity contribution >= 4 is 27.5 Å². The Morgan fingerprint density at radius 1 is 1.00 bits per heavy atom. The lowest BCUT2D eigenvalue weighted by Crippen LogP contribution is -2.05. The first-order chi connectivity index (χ1) is 9.45. The maximum atomic E-state index is 6.57. The Kier molecular flexibility index (Phi) is 5.11. The predicted molar refractivity (Wildman–Crippen MR) is 88.8 cm³/mol.